The van der Waals surface area contributed by atoms with Crippen LogP contribution >= 0.6 is 11.3 Å². The minimum atomic E-state index is -0.173. The van der Waals surface area contributed by atoms with E-state index >= 15 is 0 Å². The molecule has 1 N–H and O–H groups in total. The summed E-state index contributed by atoms with van der Waals surface area (Å²) >= 11 is 1.53. The number of fused-ring (bicyclic) bond motifs is 2. The van der Waals surface area contributed by atoms with Crippen molar-refractivity contribution in [1.82, 2.24) is 19.4 Å². The molecule has 8 nitrogen and oxygen atoms in total. The summed E-state index contributed by atoms with van der Waals surface area (Å²) in [5.41, 5.74) is 4.33. The average Bonchev–Trinajstić information content (AvgIpc) is 3.46. The Morgan fingerprint density at radius 2 is 1.91 bits per heavy atom. The van der Waals surface area contributed by atoms with Gasteiger partial charge in [-0.1, -0.05) is 18.2 Å². The maximum absolute atomic E-state index is 13.5. The summed E-state index contributed by atoms with van der Waals surface area (Å²) in [6, 6.07) is 13.4. The third kappa shape index (κ3) is 4.16. The molecule has 2 aliphatic heterocycles. The Kier molecular flexibility index (Phi) is 5.68. The monoisotopic (exact) mass is 487 g/mol. The molecule has 0 radical (unpaired) electrons. The fourth-order valence-electron chi connectivity index (χ4n) is 4.68. The van der Waals surface area contributed by atoms with Gasteiger partial charge in [-0.05, 0) is 36.8 Å². The van der Waals surface area contributed by atoms with Crippen molar-refractivity contribution in [3.63, 3.8) is 0 Å². The third-order valence-corrected chi connectivity index (χ3v) is 7.55. The number of ether oxygens (including phenoxy) is 1. The van der Waals surface area contributed by atoms with E-state index in [1.165, 1.54) is 11.3 Å². The van der Waals surface area contributed by atoms with Crippen LogP contribution in [0.4, 0.5) is 5.69 Å². The second kappa shape index (κ2) is 8.99. The molecule has 0 bridgehead atoms. The van der Waals surface area contributed by atoms with Crippen molar-refractivity contribution in [2.45, 2.75) is 25.9 Å². The number of carbonyl (C=O) groups is 1. The first kappa shape index (κ1) is 22.1. The minimum Gasteiger partial charge on any atom is -0.379 e. The van der Waals surface area contributed by atoms with Crippen molar-refractivity contribution in [2.24, 2.45) is 0 Å². The molecular weight excluding hydrogens is 462 g/mol. The van der Waals surface area contributed by atoms with Crippen LogP contribution in [0.1, 0.15) is 29.2 Å². The number of aromatic nitrogens is 3. The molecule has 0 unspecified atom stereocenters. The van der Waals surface area contributed by atoms with Gasteiger partial charge in [0.2, 0.25) is 5.91 Å². The molecule has 178 valence electrons. The van der Waals surface area contributed by atoms with Gasteiger partial charge in [-0.2, -0.15) is 0 Å². The van der Waals surface area contributed by atoms with Gasteiger partial charge in [0.05, 0.1) is 48.8 Å². The molecule has 1 fully saturated rings. The highest BCUT2D eigenvalue weighted by molar-refractivity contribution is 7.09. The number of thiazole rings is 1. The minimum absolute atomic E-state index is 0.0205. The summed E-state index contributed by atoms with van der Waals surface area (Å²) < 4.78 is 7.24. The summed E-state index contributed by atoms with van der Waals surface area (Å²) in [6.45, 7) is 5.87. The van der Waals surface area contributed by atoms with Gasteiger partial charge in [0.1, 0.15) is 10.8 Å². The van der Waals surface area contributed by atoms with Gasteiger partial charge < -0.3 is 10.1 Å². The Labute approximate surface area is 206 Å². The van der Waals surface area contributed by atoms with Crippen molar-refractivity contribution >= 4 is 33.8 Å². The van der Waals surface area contributed by atoms with Crippen LogP contribution in [0.2, 0.25) is 0 Å². The number of rotatable bonds is 5. The molecule has 4 aromatic rings. The number of carbonyl (C=O) groups excluding carboxylic acids is 1. The van der Waals surface area contributed by atoms with Gasteiger partial charge in [0, 0.05) is 29.7 Å². The van der Waals surface area contributed by atoms with E-state index in [0.29, 0.717) is 37.2 Å². The Hall–Kier alpha value is -3.40. The second-order valence-corrected chi connectivity index (χ2v) is 9.91. The highest BCUT2D eigenvalue weighted by Gasteiger charge is 2.27. The van der Waals surface area contributed by atoms with Crippen LogP contribution in [-0.2, 0) is 22.6 Å². The molecule has 1 saturated heterocycles. The van der Waals surface area contributed by atoms with Gasteiger partial charge in [-0.25, -0.2) is 9.97 Å². The number of benzene rings is 2. The number of amides is 1. The first-order valence-electron chi connectivity index (χ1n) is 11.7. The lowest BCUT2D eigenvalue weighted by Gasteiger charge is -2.27. The molecule has 9 heteroatoms. The fraction of sp³-hybridized carbons (Fsp3) is 0.308. The van der Waals surface area contributed by atoms with Crippen LogP contribution in [0.25, 0.3) is 22.2 Å². The molecule has 0 aliphatic carbocycles. The molecule has 2 aromatic heterocycles. The molecule has 1 amide bonds. The summed E-state index contributed by atoms with van der Waals surface area (Å²) in [5, 5.41) is 6.37. The average molecular weight is 488 g/mol. The van der Waals surface area contributed by atoms with E-state index in [9.17, 15) is 9.59 Å². The number of morpholine rings is 1. The highest BCUT2D eigenvalue weighted by Crippen LogP contribution is 2.35. The highest BCUT2D eigenvalue weighted by atomic mass is 32.1. The lowest BCUT2D eigenvalue weighted by molar-refractivity contribution is -0.116. The first-order chi connectivity index (χ1) is 17.1. The lowest BCUT2D eigenvalue weighted by Crippen LogP contribution is -2.38. The largest absolute Gasteiger partial charge is 0.379 e. The van der Waals surface area contributed by atoms with E-state index in [1.807, 2.05) is 54.8 Å². The number of para-hydroxylation sites is 1. The SMILES string of the molecule is C[C@H]1C(=O)Nc2ccc(-c3csc(Cn4c(CN5CCOCC5)nc5ccccc5c4=O)n3)cc21. The van der Waals surface area contributed by atoms with Crippen molar-refractivity contribution in [1.29, 1.82) is 0 Å². The van der Waals surface area contributed by atoms with Gasteiger partial charge in [-0.15, -0.1) is 11.3 Å². The maximum atomic E-state index is 13.5. The van der Waals surface area contributed by atoms with Crippen LogP contribution in [0, 0.1) is 0 Å². The zero-order chi connectivity index (χ0) is 23.9. The van der Waals surface area contributed by atoms with Crippen LogP contribution in [0.5, 0.6) is 0 Å². The molecule has 6 rings (SSSR count). The Bertz CT molecular complexity index is 1490. The lowest BCUT2D eigenvalue weighted by atomic mass is 10.00. The second-order valence-electron chi connectivity index (χ2n) is 8.96. The normalized spacial score (nSPS) is 18.1. The van der Waals surface area contributed by atoms with Gasteiger partial charge in [-0.3, -0.25) is 19.1 Å². The number of anilines is 1. The molecule has 0 saturated carbocycles. The van der Waals surface area contributed by atoms with Crippen LogP contribution < -0.4 is 10.9 Å². The molecule has 0 spiro atoms. The molecule has 1 atom stereocenters. The van der Waals surface area contributed by atoms with Crippen LogP contribution in [0.3, 0.4) is 0 Å². The standard InChI is InChI=1S/C26H25N5O3S/c1-16-19-12-17(6-7-21(19)29-25(16)32)22-15-35-24(28-22)14-31-23(13-30-8-10-34-11-9-30)27-20-5-3-2-4-18(20)26(31)33/h2-7,12,15-16H,8-11,13-14H2,1H3,(H,29,32)/t16-/m1/s1. The van der Waals surface area contributed by atoms with Crippen LogP contribution in [0.15, 0.2) is 52.6 Å². The van der Waals surface area contributed by atoms with E-state index in [-0.39, 0.29) is 17.4 Å². The molecular formula is C26H25N5O3S. The smallest absolute Gasteiger partial charge is 0.261 e. The Morgan fingerprint density at radius 3 is 2.77 bits per heavy atom. The van der Waals surface area contributed by atoms with Gasteiger partial charge in [0.25, 0.3) is 5.56 Å². The topological polar surface area (TPSA) is 89.4 Å². The Balaban J connectivity index is 1.34. The predicted molar refractivity (Wildman–Crippen MR) is 136 cm³/mol. The van der Waals surface area contributed by atoms with E-state index in [2.05, 4.69) is 10.2 Å². The third-order valence-electron chi connectivity index (χ3n) is 6.72. The zero-order valence-electron chi connectivity index (χ0n) is 19.4. The van der Waals surface area contributed by atoms with Crippen molar-refractivity contribution in [3.8, 4) is 11.3 Å². The van der Waals surface area contributed by atoms with Crippen molar-refractivity contribution in [3.05, 3.63) is 74.6 Å². The number of hydrogen-bond acceptors (Lipinski definition) is 7. The zero-order valence-corrected chi connectivity index (χ0v) is 20.2. The van der Waals surface area contributed by atoms with E-state index in [1.54, 1.807) is 4.57 Å². The van der Waals surface area contributed by atoms with E-state index < -0.39 is 0 Å². The van der Waals surface area contributed by atoms with Crippen molar-refractivity contribution < 1.29 is 9.53 Å². The molecule has 2 aliphatic rings. The quantitative estimate of drug-likeness (QED) is 0.464. The summed E-state index contributed by atoms with van der Waals surface area (Å²) in [4.78, 5) is 37.5. The summed E-state index contributed by atoms with van der Waals surface area (Å²) in [5.74, 6) is 0.587. The first-order valence-corrected chi connectivity index (χ1v) is 12.6. The summed E-state index contributed by atoms with van der Waals surface area (Å²) in [7, 11) is 0. The van der Waals surface area contributed by atoms with Crippen LogP contribution in [-0.4, -0.2) is 51.6 Å². The maximum Gasteiger partial charge on any atom is 0.261 e. The predicted octanol–water partition coefficient (Wildman–Crippen LogP) is 3.46. The molecule has 4 heterocycles. The number of hydrogen-bond donors (Lipinski definition) is 1. The van der Waals surface area contributed by atoms with E-state index in [0.717, 1.165) is 46.4 Å². The number of nitrogens with one attached hydrogen (secondary N) is 1. The molecule has 2 aromatic carbocycles. The van der Waals surface area contributed by atoms with Crippen molar-refractivity contribution in [2.75, 3.05) is 31.6 Å². The summed E-state index contributed by atoms with van der Waals surface area (Å²) in [6.07, 6.45) is 0. The van der Waals surface area contributed by atoms with Gasteiger partial charge in [0.15, 0.2) is 0 Å². The number of nitrogens with zero attached hydrogens (tertiary/aromatic N) is 4. The fourth-order valence-corrected chi connectivity index (χ4v) is 5.48. The molecule has 35 heavy (non-hydrogen) atoms. The van der Waals surface area contributed by atoms with E-state index in [4.69, 9.17) is 14.7 Å². The Morgan fingerprint density at radius 1 is 1.09 bits per heavy atom. The van der Waals surface area contributed by atoms with Gasteiger partial charge >= 0.3 is 0 Å².